The smallest absolute Gasteiger partial charge is 0.214 e. The van der Waals surface area contributed by atoms with Crippen molar-refractivity contribution in [1.82, 2.24) is 10.0 Å². The monoisotopic (exact) mass is 436 g/mol. The van der Waals surface area contributed by atoms with Crippen molar-refractivity contribution in [3.63, 3.8) is 0 Å². The molecule has 30 heavy (non-hydrogen) atoms. The van der Waals surface area contributed by atoms with Crippen LogP contribution in [0.4, 0.5) is 13.2 Å². The van der Waals surface area contributed by atoms with E-state index >= 15 is 4.39 Å². The maximum atomic E-state index is 15.3. The molecule has 0 unspecified atom stereocenters. The van der Waals surface area contributed by atoms with E-state index in [0.29, 0.717) is 19.4 Å². The van der Waals surface area contributed by atoms with E-state index in [1.54, 1.807) is 0 Å². The number of hydrogen-bond acceptors (Lipinski definition) is 3. The summed E-state index contributed by atoms with van der Waals surface area (Å²) in [6.45, 7) is 0.656. The summed E-state index contributed by atoms with van der Waals surface area (Å²) in [6.07, 6.45) is 3.31. The summed E-state index contributed by atoms with van der Waals surface area (Å²) in [5.74, 6) is -1.75. The Hall–Kier alpha value is -1.90. The third kappa shape index (κ3) is 3.65. The van der Waals surface area contributed by atoms with Gasteiger partial charge in [0.05, 0.1) is 5.25 Å². The average molecular weight is 436 g/mol. The van der Waals surface area contributed by atoms with Gasteiger partial charge in [0, 0.05) is 29.6 Å². The van der Waals surface area contributed by atoms with Gasteiger partial charge < -0.3 is 5.32 Å². The van der Waals surface area contributed by atoms with Gasteiger partial charge in [-0.05, 0) is 67.5 Å². The van der Waals surface area contributed by atoms with Crippen molar-refractivity contribution < 1.29 is 21.6 Å². The molecule has 1 spiro atoms. The normalized spacial score (nSPS) is 25.0. The molecule has 8 heteroatoms. The summed E-state index contributed by atoms with van der Waals surface area (Å²) in [4.78, 5) is 0. The highest BCUT2D eigenvalue weighted by atomic mass is 32.2. The zero-order valence-electron chi connectivity index (χ0n) is 16.3. The van der Waals surface area contributed by atoms with Crippen LogP contribution in [0.15, 0.2) is 36.4 Å². The van der Waals surface area contributed by atoms with Crippen molar-refractivity contribution in [3.8, 4) is 11.1 Å². The van der Waals surface area contributed by atoms with Gasteiger partial charge in [-0.1, -0.05) is 12.1 Å². The van der Waals surface area contributed by atoms with E-state index in [1.165, 1.54) is 24.3 Å². The molecule has 160 valence electrons. The van der Waals surface area contributed by atoms with Gasteiger partial charge >= 0.3 is 0 Å². The summed E-state index contributed by atoms with van der Waals surface area (Å²) in [6, 6.07) is 6.92. The first-order valence-electron chi connectivity index (χ1n) is 10.3. The van der Waals surface area contributed by atoms with Crippen molar-refractivity contribution in [2.24, 2.45) is 5.41 Å². The molecule has 5 rings (SSSR count). The standard InChI is InChI=1S/C22H23F3N2O2S/c23-15-3-1-2-13(8-15)18-11-16(24)9-14(20(18)25)10-19-21(22(6-7-22)12-26-19)27-30(28,29)17-4-5-17/h1-3,8-9,11,17,19,21,26-27H,4-7,10,12H2/t19-,21+/m0/s1. The summed E-state index contributed by atoms with van der Waals surface area (Å²) in [5, 5.41) is 3.00. The Kier molecular flexibility index (Phi) is 4.72. The second-order valence-electron chi connectivity index (χ2n) is 8.83. The molecule has 3 fully saturated rings. The number of halogens is 3. The molecule has 0 radical (unpaired) electrons. The lowest BCUT2D eigenvalue weighted by molar-refractivity contribution is 0.405. The van der Waals surface area contributed by atoms with Gasteiger partial charge in [-0.15, -0.1) is 0 Å². The quantitative estimate of drug-likeness (QED) is 0.729. The Morgan fingerprint density at radius 2 is 1.83 bits per heavy atom. The fourth-order valence-corrected chi connectivity index (χ4v) is 6.30. The van der Waals surface area contributed by atoms with Gasteiger partial charge in [0.2, 0.25) is 10.0 Å². The lowest BCUT2D eigenvalue weighted by atomic mass is 9.91. The van der Waals surface area contributed by atoms with E-state index in [2.05, 4.69) is 10.0 Å². The van der Waals surface area contributed by atoms with Crippen LogP contribution in [-0.4, -0.2) is 32.3 Å². The summed E-state index contributed by atoms with van der Waals surface area (Å²) >= 11 is 0. The highest BCUT2D eigenvalue weighted by Gasteiger charge is 2.58. The zero-order valence-corrected chi connectivity index (χ0v) is 17.1. The molecule has 4 nitrogen and oxygen atoms in total. The van der Waals surface area contributed by atoms with Crippen molar-refractivity contribution in [1.29, 1.82) is 0 Å². The highest BCUT2D eigenvalue weighted by Crippen LogP contribution is 2.53. The SMILES string of the molecule is O=S(=O)(N[C@@H]1[C@H](Cc2cc(F)cc(-c3cccc(F)c3)c2F)NCC12CC2)C1CC1. The summed E-state index contributed by atoms with van der Waals surface area (Å²) < 4.78 is 71.2. The number of benzene rings is 2. The maximum Gasteiger partial charge on any atom is 0.214 e. The molecule has 2 aliphatic carbocycles. The molecule has 2 saturated carbocycles. The van der Waals surface area contributed by atoms with Gasteiger partial charge in [0.1, 0.15) is 17.5 Å². The minimum Gasteiger partial charge on any atom is -0.311 e. The molecule has 3 aliphatic rings. The largest absolute Gasteiger partial charge is 0.311 e. The molecule has 2 atom stereocenters. The van der Waals surface area contributed by atoms with Crippen molar-refractivity contribution in [2.45, 2.75) is 49.4 Å². The Bertz CT molecular complexity index is 1100. The third-order valence-corrected chi connectivity index (χ3v) is 8.54. The lowest BCUT2D eigenvalue weighted by Crippen LogP contribution is -2.48. The van der Waals surface area contributed by atoms with Crippen LogP contribution in [0.2, 0.25) is 0 Å². The molecule has 1 saturated heterocycles. The second-order valence-corrected chi connectivity index (χ2v) is 10.8. The van der Waals surface area contributed by atoms with E-state index in [9.17, 15) is 17.2 Å². The topological polar surface area (TPSA) is 58.2 Å². The molecule has 0 bridgehead atoms. The maximum absolute atomic E-state index is 15.3. The first-order chi connectivity index (χ1) is 14.3. The van der Waals surface area contributed by atoms with Crippen LogP contribution in [0, 0.1) is 22.9 Å². The number of nitrogens with one attached hydrogen (secondary N) is 2. The Morgan fingerprint density at radius 3 is 2.50 bits per heavy atom. The molecular weight excluding hydrogens is 413 g/mol. The van der Waals surface area contributed by atoms with Gasteiger partial charge in [-0.25, -0.2) is 26.3 Å². The first kappa shape index (κ1) is 20.0. The van der Waals surface area contributed by atoms with Crippen LogP contribution in [0.3, 0.4) is 0 Å². The molecular formula is C22H23F3N2O2S. The number of hydrogen-bond donors (Lipinski definition) is 2. The van der Waals surface area contributed by atoms with Gasteiger partial charge in [-0.3, -0.25) is 0 Å². The Balaban J connectivity index is 1.45. The minimum atomic E-state index is -3.40. The van der Waals surface area contributed by atoms with E-state index in [0.717, 1.165) is 25.0 Å². The Labute approximate surface area is 173 Å². The molecule has 1 heterocycles. The van der Waals surface area contributed by atoms with Crippen LogP contribution in [-0.2, 0) is 16.4 Å². The number of rotatable bonds is 6. The predicted molar refractivity (Wildman–Crippen MR) is 108 cm³/mol. The number of sulfonamides is 1. The Morgan fingerprint density at radius 1 is 1.07 bits per heavy atom. The van der Waals surface area contributed by atoms with Crippen molar-refractivity contribution >= 4 is 10.0 Å². The lowest BCUT2D eigenvalue weighted by Gasteiger charge is -2.25. The summed E-state index contributed by atoms with van der Waals surface area (Å²) in [7, 11) is -3.40. The van der Waals surface area contributed by atoms with E-state index < -0.39 is 27.5 Å². The second kappa shape index (κ2) is 7.07. The van der Waals surface area contributed by atoms with E-state index in [4.69, 9.17) is 0 Å². The minimum absolute atomic E-state index is 0.00116. The molecule has 0 amide bonds. The summed E-state index contributed by atoms with van der Waals surface area (Å²) in [5.41, 5.74) is 0.276. The first-order valence-corrected chi connectivity index (χ1v) is 11.8. The van der Waals surface area contributed by atoms with E-state index in [-0.39, 0.29) is 45.9 Å². The molecule has 0 aromatic heterocycles. The van der Waals surface area contributed by atoms with Gasteiger partial charge in [0.15, 0.2) is 0 Å². The average Bonchev–Trinajstić information content (AvgIpc) is 3.59. The van der Waals surface area contributed by atoms with Gasteiger partial charge in [-0.2, -0.15) is 0 Å². The van der Waals surface area contributed by atoms with Crippen molar-refractivity contribution in [2.75, 3.05) is 6.54 Å². The fraction of sp³-hybridized carbons (Fsp3) is 0.455. The van der Waals surface area contributed by atoms with Crippen LogP contribution < -0.4 is 10.0 Å². The molecule has 1 aliphatic heterocycles. The van der Waals surface area contributed by atoms with Crippen LogP contribution in [0.1, 0.15) is 31.2 Å². The highest BCUT2D eigenvalue weighted by molar-refractivity contribution is 7.90. The fourth-order valence-electron chi connectivity index (χ4n) is 4.58. The van der Waals surface area contributed by atoms with Crippen molar-refractivity contribution in [3.05, 3.63) is 59.4 Å². The van der Waals surface area contributed by atoms with Crippen LogP contribution in [0.25, 0.3) is 11.1 Å². The van der Waals surface area contributed by atoms with Crippen LogP contribution >= 0.6 is 0 Å². The zero-order chi connectivity index (χ0) is 21.1. The molecule has 2 aromatic carbocycles. The third-order valence-electron chi connectivity index (χ3n) is 6.61. The molecule has 2 N–H and O–H groups in total. The predicted octanol–water partition coefficient (Wildman–Crippen LogP) is 3.52. The molecule has 2 aromatic rings. The van der Waals surface area contributed by atoms with E-state index in [1.807, 2.05) is 0 Å². The van der Waals surface area contributed by atoms with Gasteiger partial charge in [0.25, 0.3) is 0 Å². The van der Waals surface area contributed by atoms with Crippen LogP contribution in [0.5, 0.6) is 0 Å².